The molecule has 1 fully saturated rings. The van der Waals surface area contributed by atoms with Crippen LogP contribution in [0.25, 0.3) is 0 Å². The Kier molecular flexibility index (Phi) is 5.16. The monoisotopic (exact) mass is 328 g/mol. The maximum absolute atomic E-state index is 12.0. The fourth-order valence-corrected chi connectivity index (χ4v) is 4.15. The van der Waals surface area contributed by atoms with Crippen LogP contribution in [0.15, 0.2) is 17.5 Å². The van der Waals surface area contributed by atoms with Crippen LogP contribution in [-0.4, -0.2) is 41.3 Å². The number of carbonyl (C=O) groups excluding carboxylic acids is 2. The van der Waals surface area contributed by atoms with E-state index < -0.39 is 11.7 Å². The summed E-state index contributed by atoms with van der Waals surface area (Å²) in [6, 6.07) is 4.02. The van der Waals surface area contributed by atoms with Gasteiger partial charge < -0.3 is 15.0 Å². The van der Waals surface area contributed by atoms with Gasteiger partial charge >= 0.3 is 6.09 Å². The topological polar surface area (TPSA) is 58.6 Å². The summed E-state index contributed by atoms with van der Waals surface area (Å²) in [4.78, 5) is 26.5. The first-order valence-corrected chi connectivity index (χ1v) is 8.71. The second-order valence-corrected chi connectivity index (χ2v) is 7.74. The summed E-state index contributed by atoms with van der Waals surface area (Å²) in [5, 5.41) is 4.77. The summed E-state index contributed by atoms with van der Waals surface area (Å²) in [7, 11) is 0. The molecule has 1 aromatic rings. The second-order valence-electron chi connectivity index (χ2n) is 5.69. The molecule has 1 aromatic heterocycles. The molecule has 1 atom stereocenters. The zero-order valence-corrected chi connectivity index (χ0v) is 14.1. The Balaban J connectivity index is 1.84. The summed E-state index contributed by atoms with van der Waals surface area (Å²) in [6.45, 7) is 6.34. The van der Waals surface area contributed by atoms with Crippen LogP contribution in [0.5, 0.6) is 0 Å². The largest absolute Gasteiger partial charge is 0.444 e. The van der Waals surface area contributed by atoms with Crippen molar-refractivity contribution in [2.45, 2.75) is 31.7 Å². The molecule has 5 nitrogen and oxygen atoms in total. The van der Waals surface area contributed by atoms with Crippen molar-refractivity contribution in [3.8, 4) is 0 Å². The van der Waals surface area contributed by atoms with E-state index in [2.05, 4.69) is 5.32 Å². The van der Waals surface area contributed by atoms with E-state index in [0.29, 0.717) is 18.8 Å². The molecule has 2 heterocycles. The highest BCUT2D eigenvalue weighted by Crippen LogP contribution is 2.40. The molecule has 2 rings (SSSR count). The number of alkyl carbamates (subject to hydrolysis) is 1. The van der Waals surface area contributed by atoms with Crippen molar-refractivity contribution in [3.05, 3.63) is 22.4 Å². The van der Waals surface area contributed by atoms with Crippen LogP contribution in [0.4, 0.5) is 4.79 Å². The molecule has 2 amide bonds. The predicted molar refractivity (Wildman–Crippen MR) is 85.5 cm³/mol. The molecule has 1 N–H and O–H groups in total. The number of amides is 2. The van der Waals surface area contributed by atoms with E-state index in [4.69, 9.17) is 4.74 Å². The van der Waals surface area contributed by atoms with E-state index >= 15 is 0 Å². The van der Waals surface area contributed by atoms with Crippen LogP contribution >= 0.6 is 23.1 Å². The van der Waals surface area contributed by atoms with E-state index in [-0.39, 0.29) is 11.3 Å². The van der Waals surface area contributed by atoms with Gasteiger partial charge in [0.1, 0.15) is 11.0 Å². The molecule has 1 saturated heterocycles. The Bertz CT molecular complexity index is 497. The molecule has 0 radical (unpaired) electrons. The molecule has 0 bridgehead atoms. The zero-order valence-electron chi connectivity index (χ0n) is 12.4. The smallest absolute Gasteiger partial charge is 0.407 e. The summed E-state index contributed by atoms with van der Waals surface area (Å²) >= 11 is 3.27. The zero-order chi connectivity index (χ0) is 15.5. The molecule has 0 saturated carbocycles. The van der Waals surface area contributed by atoms with Crippen molar-refractivity contribution in [2.75, 3.05) is 18.8 Å². The highest BCUT2D eigenvalue weighted by Gasteiger charge is 2.33. The lowest BCUT2D eigenvalue weighted by molar-refractivity contribution is -0.127. The SMILES string of the molecule is CC(C)(C)OC(=O)NCCN1C(=O)CSC1c1cccs1. The summed E-state index contributed by atoms with van der Waals surface area (Å²) < 4.78 is 5.17. The highest BCUT2D eigenvalue weighted by molar-refractivity contribution is 8.00. The number of ether oxygens (including phenoxy) is 1. The average Bonchev–Trinajstić information content (AvgIpc) is 2.97. The molecule has 1 aliphatic rings. The average molecular weight is 328 g/mol. The summed E-state index contributed by atoms with van der Waals surface area (Å²) in [5.41, 5.74) is -0.511. The molecule has 0 aliphatic carbocycles. The fourth-order valence-electron chi connectivity index (χ4n) is 1.96. The number of nitrogens with zero attached hydrogens (tertiary/aromatic N) is 1. The molecule has 7 heteroatoms. The summed E-state index contributed by atoms with van der Waals surface area (Å²) in [6.07, 6.45) is -0.450. The van der Waals surface area contributed by atoms with Gasteiger partial charge in [-0.15, -0.1) is 23.1 Å². The fraction of sp³-hybridized carbons (Fsp3) is 0.571. The van der Waals surface area contributed by atoms with E-state index in [9.17, 15) is 9.59 Å². The normalized spacial score (nSPS) is 18.9. The standard InChI is InChI=1S/C14H20N2O3S2/c1-14(2,3)19-13(18)15-6-7-16-11(17)9-21-12(16)10-5-4-8-20-10/h4-5,8,12H,6-7,9H2,1-3H3,(H,15,18). The van der Waals surface area contributed by atoms with Crippen molar-refractivity contribution in [2.24, 2.45) is 0 Å². The van der Waals surface area contributed by atoms with Crippen LogP contribution in [0.2, 0.25) is 0 Å². The quantitative estimate of drug-likeness (QED) is 0.923. The molecular weight excluding hydrogens is 308 g/mol. The second kappa shape index (κ2) is 6.70. The van der Waals surface area contributed by atoms with Gasteiger partial charge in [-0.1, -0.05) is 6.07 Å². The minimum absolute atomic E-state index is 0.0675. The number of nitrogens with one attached hydrogen (secondary N) is 1. The first-order chi connectivity index (χ1) is 9.87. The van der Waals surface area contributed by atoms with Crippen LogP contribution in [-0.2, 0) is 9.53 Å². The molecule has 116 valence electrons. The van der Waals surface area contributed by atoms with Gasteiger partial charge in [0.2, 0.25) is 5.91 Å². The molecule has 0 spiro atoms. The Labute approximate surface area is 133 Å². The lowest BCUT2D eigenvalue weighted by atomic mass is 10.2. The third-order valence-corrected chi connectivity index (χ3v) is 5.09. The van der Waals surface area contributed by atoms with Gasteiger partial charge in [-0.25, -0.2) is 4.79 Å². The van der Waals surface area contributed by atoms with Crippen LogP contribution in [0.3, 0.4) is 0 Å². The highest BCUT2D eigenvalue weighted by atomic mass is 32.2. The van der Waals surface area contributed by atoms with Crippen molar-refractivity contribution in [1.82, 2.24) is 10.2 Å². The number of carbonyl (C=O) groups is 2. The van der Waals surface area contributed by atoms with E-state index in [1.165, 1.54) is 4.88 Å². The molecule has 1 aliphatic heterocycles. The molecule has 1 unspecified atom stereocenters. The van der Waals surface area contributed by atoms with Gasteiger partial charge in [0.25, 0.3) is 0 Å². The minimum atomic E-state index is -0.511. The van der Waals surface area contributed by atoms with Gasteiger partial charge in [-0.3, -0.25) is 4.79 Å². The molecular formula is C14H20N2O3S2. The molecule has 0 aromatic carbocycles. The number of thiophene rings is 1. The minimum Gasteiger partial charge on any atom is -0.444 e. The predicted octanol–water partition coefficient (Wildman–Crippen LogP) is 2.85. The Hall–Kier alpha value is -1.21. The molecule has 21 heavy (non-hydrogen) atoms. The number of thioether (sulfide) groups is 1. The van der Waals surface area contributed by atoms with Gasteiger partial charge in [-0.2, -0.15) is 0 Å². The Morgan fingerprint density at radius 3 is 2.90 bits per heavy atom. The van der Waals surface area contributed by atoms with Gasteiger partial charge in [-0.05, 0) is 32.2 Å². The van der Waals surface area contributed by atoms with Gasteiger partial charge in [0, 0.05) is 18.0 Å². The maximum atomic E-state index is 12.0. The van der Waals surface area contributed by atoms with Crippen molar-refractivity contribution in [1.29, 1.82) is 0 Å². The first-order valence-electron chi connectivity index (χ1n) is 6.78. The number of hydrogen-bond donors (Lipinski definition) is 1. The van der Waals surface area contributed by atoms with E-state index in [1.807, 2.05) is 43.2 Å². The Morgan fingerprint density at radius 1 is 1.52 bits per heavy atom. The summed E-state index contributed by atoms with van der Waals surface area (Å²) in [5.74, 6) is 0.610. The number of rotatable bonds is 4. The van der Waals surface area contributed by atoms with Crippen LogP contribution < -0.4 is 5.32 Å². The van der Waals surface area contributed by atoms with E-state index in [1.54, 1.807) is 23.1 Å². The van der Waals surface area contributed by atoms with Gasteiger partial charge in [0.15, 0.2) is 0 Å². The third-order valence-electron chi connectivity index (χ3n) is 2.78. The van der Waals surface area contributed by atoms with Crippen LogP contribution in [0.1, 0.15) is 31.0 Å². The third kappa shape index (κ3) is 4.64. The maximum Gasteiger partial charge on any atom is 0.407 e. The van der Waals surface area contributed by atoms with Crippen LogP contribution in [0, 0.1) is 0 Å². The lowest BCUT2D eigenvalue weighted by Crippen LogP contribution is -2.39. The van der Waals surface area contributed by atoms with Crippen molar-refractivity contribution < 1.29 is 14.3 Å². The van der Waals surface area contributed by atoms with Crippen molar-refractivity contribution in [3.63, 3.8) is 0 Å². The van der Waals surface area contributed by atoms with Gasteiger partial charge in [0.05, 0.1) is 5.75 Å². The Morgan fingerprint density at radius 2 is 2.29 bits per heavy atom. The van der Waals surface area contributed by atoms with E-state index in [0.717, 1.165) is 0 Å². The lowest BCUT2D eigenvalue weighted by Gasteiger charge is -2.24. The first kappa shape index (κ1) is 16.2. The number of hydrogen-bond acceptors (Lipinski definition) is 5. The van der Waals surface area contributed by atoms with Crippen molar-refractivity contribution >= 4 is 35.1 Å².